The topological polar surface area (TPSA) is 30.5 Å². The first-order valence-electron chi connectivity index (χ1n) is 5.27. The molecule has 0 saturated carbocycles. The molecule has 1 atom stereocenters. The number of halogens is 3. The summed E-state index contributed by atoms with van der Waals surface area (Å²) in [5.41, 5.74) is 0. The molecule has 0 amide bonds. The standard InChI is InChI=1S/C11H12ClF2NO2/c12-9-5-7(16-8-3-4-15-6-8)1-2-10(9)17-11(13)14/h1-2,5,8,11,15H,3-4,6H2. The highest BCUT2D eigenvalue weighted by Crippen LogP contribution is 2.30. The lowest BCUT2D eigenvalue weighted by Crippen LogP contribution is -2.19. The van der Waals surface area contributed by atoms with E-state index < -0.39 is 6.61 Å². The van der Waals surface area contributed by atoms with E-state index in [-0.39, 0.29) is 16.9 Å². The second-order valence-corrected chi connectivity index (χ2v) is 4.11. The van der Waals surface area contributed by atoms with Crippen molar-refractivity contribution in [2.75, 3.05) is 13.1 Å². The Bertz CT molecular complexity index is 384. The zero-order valence-corrected chi connectivity index (χ0v) is 9.71. The van der Waals surface area contributed by atoms with Gasteiger partial charge in [0.2, 0.25) is 0 Å². The molecule has 1 aromatic rings. The van der Waals surface area contributed by atoms with Gasteiger partial charge in [-0.25, -0.2) is 0 Å². The molecule has 2 rings (SSSR count). The van der Waals surface area contributed by atoms with Gasteiger partial charge in [0.1, 0.15) is 17.6 Å². The molecule has 6 heteroatoms. The van der Waals surface area contributed by atoms with Crippen molar-refractivity contribution in [3.63, 3.8) is 0 Å². The van der Waals surface area contributed by atoms with Gasteiger partial charge < -0.3 is 14.8 Å². The molecule has 3 nitrogen and oxygen atoms in total. The Morgan fingerprint density at radius 2 is 2.24 bits per heavy atom. The monoisotopic (exact) mass is 263 g/mol. The van der Waals surface area contributed by atoms with Crippen LogP contribution in [0.3, 0.4) is 0 Å². The molecule has 1 aliphatic heterocycles. The van der Waals surface area contributed by atoms with Gasteiger partial charge in [0.25, 0.3) is 0 Å². The number of nitrogens with one attached hydrogen (secondary N) is 1. The Hall–Kier alpha value is -1.07. The number of ether oxygens (including phenoxy) is 2. The fraction of sp³-hybridized carbons (Fsp3) is 0.455. The summed E-state index contributed by atoms with van der Waals surface area (Å²) in [4.78, 5) is 0. The molecule has 17 heavy (non-hydrogen) atoms. The lowest BCUT2D eigenvalue weighted by Gasteiger charge is -2.13. The molecule has 1 heterocycles. The molecule has 0 spiro atoms. The Morgan fingerprint density at radius 3 is 2.82 bits per heavy atom. The molecule has 1 aromatic carbocycles. The van der Waals surface area contributed by atoms with E-state index in [9.17, 15) is 8.78 Å². The van der Waals surface area contributed by atoms with Gasteiger partial charge in [0, 0.05) is 12.6 Å². The highest BCUT2D eigenvalue weighted by molar-refractivity contribution is 6.32. The van der Waals surface area contributed by atoms with Crippen molar-refractivity contribution in [3.8, 4) is 11.5 Å². The zero-order chi connectivity index (χ0) is 12.3. The number of rotatable bonds is 4. The van der Waals surface area contributed by atoms with Crippen LogP contribution >= 0.6 is 11.6 Å². The molecule has 0 aliphatic carbocycles. The Labute approximate surface area is 103 Å². The molecular weight excluding hydrogens is 252 g/mol. The third kappa shape index (κ3) is 3.44. The molecule has 1 N–H and O–H groups in total. The quantitative estimate of drug-likeness (QED) is 0.906. The van der Waals surface area contributed by atoms with E-state index in [1.165, 1.54) is 12.1 Å². The maximum Gasteiger partial charge on any atom is 0.387 e. The highest BCUT2D eigenvalue weighted by atomic mass is 35.5. The first kappa shape index (κ1) is 12.4. The molecule has 0 radical (unpaired) electrons. The van der Waals surface area contributed by atoms with Crippen LogP contribution in [-0.2, 0) is 0 Å². The number of hydrogen-bond donors (Lipinski definition) is 1. The van der Waals surface area contributed by atoms with Gasteiger partial charge in [-0.3, -0.25) is 0 Å². The zero-order valence-electron chi connectivity index (χ0n) is 8.96. The fourth-order valence-corrected chi connectivity index (χ4v) is 1.88. The van der Waals surface area contributed by atoms with Crippen molar-refractivity contribution in [3.05, 3.63) is 23.2 Å². The van der Waals surface area contributed by atoms with Crippen molar-refractivity contribution in [1.29, 1.82) is 0 Å². The third-order valence-corrected chi connectivity index (χ3v) is 2.73. The SMILES string of the molecule is FC(F)Oc1ccc(OC2CCNC2)cc1Cl. The van der Waals surface area contributed by atoms with Crippen LogP contribution in [-0.4, -0.2) is 25.8 Å². The summed E-state index contributed by atoms with van der Waals surface area (Å²) in [7, 11) is 0. The van der Waals surface area contributed by atoms with Crippen molar-refractivity contribution >= 4 is 11.6 Å². The molecule has 0 bridgehead atoms. The van der Waals surface area contributed by atoms with Gasteiger partial charge in [-0.15, -0.1) is 0 Å². The smallest absolute Gasteiger partial charge is 0.387 e. The largest absolute Gasteiger partial charge is 0.489 e. The van der Waals surface area contributed by atoms with Crippen molar-refractivity contribution in [1.82, 2.24) is 5.32 Å². The maximum absolute atomic E-state index is 12.0. The van der Waals surface area contributed by atoms with Gasteiger partial charge in [-0.05, 0) is 25.1 Å². The first-order valence-corrected chi connectivity index (χ1v) is 5.64. The summed E-state index contributed by atoms with van der Waals surface area (Å²) in [6, 6.07) is 4.44. The molecular formula is C11H12ClF2NO2. The summed E-state index contributed by atoms with van der Waals surface area (Å²) < 4.78 is 33.9. The molecule has 94 valence electrons. The van der Waals surface area contributed by atoms with Crippen molar-refractivity contribution in [2.45, 2.75) is 19.1 Å². The summed E-state index contributed by atoms with van der Waals surface area (Å²) in [6.07, 6.45) is 1.03. The minimum atomic E-state index is -2.88. The van der Waals surface area contributed by atoms with E-state index in [1.54, 1.807) is 6.07 Å². The maximum atomic E-state index is 12.0. The predicted molar refractivity (Wildman–Crippen MR) is 60.0 cm³/mol. The number of benzene rings is 1. The van der Waals surface area contributed by atoms with Crippen LogP contribution in [0, 0.1) is 0 Å². The number of hydrogen-bond acceptors (Lipinski definition) is 3. The minimum Gasteiger partial charge on any atom is -0.489 e. The first-order chi connectivity index (χ1) is 8.15. The van der Waals surface area contributed by atoms with Crippen molar-refractivity contribution < 1.29 is 18.3 Å². The van der Waals surface area contributed by atoms with Crippen molar-refractivity contribution in [2.24, 2.45) is 0 Å². The average Bonchev–Trinajstić information content (AvgIpc) is 2.74. The Balaban J connectivity index is 2.02. The molecule has 0 aromatic heterocycles. The van der Waals surface area contributed by atoms with Crippen LogP contribution in [0.15, 0.2) is 18.2 Å². The molecule has 1 unspecified atom stereocenters. The lowest BCUT2D eigenvalue weighted by atomic mass is 10.3. The fourth-order valence-electron chi connectivity index (χ4n) is 1.67. The summed E-state index contributed by atoms with van der Waals surface area (Å²) in [5, 5.41) is 3.28. The van der Waals surface area contributed by atoms with Gasteiger partial charge in [-0.2, -0.15) is 8.78 Å². The van der Waals surface area contributed by atoms with Gasteiger partial charge in [-0.1, -0.05) is 11.6 Å². The number of alkyl halides is 2. The van der Waals surface area contributed by atoms with Crippen LogP contribution in [0.4, 0.5) is 8.78 Å². The van der Waals surface area contributed by atoms with E-state index in [0.29, 0.717) is 5.75 Å². The van der Waals surface area contributed by atoms with E-state index >= 15 is 0 Å². The van der Waals surface area contributed by atoms with E-state index in [4.69, 9.17) is 16.3 Å². The molecule has 1 aliphatic rings. The summed E-state index contributed by atoms with van der Waals surface area (Å²) >= 11 is 5.80. The van der Waals surface area contributed by atoms with Gasteiger partial charge in [0.05, 0.1) is 5.02 Å². The van der Waals surface area contributed by atoms with Crippen LogP contribution in [0.1, 0.15) is 6.42 Å². The molecule has 1 fully saturated rings. The normalized spacial score (nSPS) is 19.6. The summed E-state index contributed by atoms with van der Waals surface area (Å²) in [5.74, 6) is 0.517. The van der Waals surface area contributed by atoms with Crippen LogP contribution in [0.5, 0.6) is 11.5 Å². The second-order valence-electron chi connectivity index (χ2n) is 3.70. The third-order valence-electron chi connectivity index (χ3n) is 2.44. The summed E-state index contributed by atoms with van der Waals surface area (Å²) in [6.45, 7) is -1.17. The Kier molecular flexibility index (Phi) is 4.02. The van der Waals surface area contributed by atoms with Crippen LogP contribution in [0.2, 0.25) is 5.02 Å². The Morgan fingerprint density at radius 1 is 1.41 bits per heavy atom. The van der Waals surface area contributed by atoms with Gasteiger partial charge >= 0.3 is 6.61 Å². The lowest BCUT2D eigenvalue weighted by molar-refractivity contribution is -0.0498. The predicted octanol–water partition coefficient (Wildman–Crippen LogP) is 2.68. The van der Waals surface area contributed by atoms with E-state index in [2.05, 4.69) is 10.1 Å². The molecule has 1 saturated heterocycles. The van der Waals surface area contributed by atoms with Gasteiger partial charge in [0.15, 0.2) is 0 Å². The van der Waals surface area contributed by atoms with Crippen LogP contribution < -0.4 is 14.8 Å². The van der Waals surface area contributed by atoms with E-state index in [0.717, 1.165) is 19.5 Å². The average molecular weight is 264 g/mol. The van der Waals surface area contributed by atoms with Crippen LogP contribution in [0.25, 0.3) is 0 Å². The highest BCUT2D eigenvalue weighted by Gasteiger charge is 2.17. The minimum absolute atomic E-state index is 0.0430. The second kappa shape index (κ2) is 5.51. The van der Waals surface area contributed by atoms with E-state index in [1.807, 2.05) is 0 Å².